The number of benzene rings is 1. The van der Waals surface area contributed by atoms with Crippen LogP contribution in [0.2, 0.25) is 0 Å². The molecule has 6 nitrogen and oxygen atoms in total. The summed E-state index contributed by atoms with van der Waals surface area (Å²) in [4.78, 5) is 26.6. The fourth-order valence-corrected chi connectivity index (χ4v) is 5.17. The number of carbonyl (C=O) groups is 2. The fraction of sp³-hybridized carbons (Fsp3) is 0.571. The van der Waals surface area contributed by atoms with Crippen LogP contribution in [0.25, 0.3) is 10.9 Å². The first-order valence-electron chi connectivity index (χ1n) is 10.1. The number of piperidine rings is 2. The molecule has 0 aliphatic carbocycles. The van der Waals surface area contributed by atoms with Crippen LogP contribution in [0.3, 0.4) is 0 Å². The Kier molecular flexibility index (Phi) is 5.43. The third kappa shape index (κ3) is 3.58. The van der Waals surface area contributed by atoms with Gasteiger partial charge in [-0.15, -0.1) is 0 Å². The predicted octanol–water partition coefficient (Wildman–Crippen LogP) is 3.37. The van der Waals surface area contributed by atoms with Gasteiger partial charge in [-0.1, -0.05) is 22.6 Å². The number of carbonyl (C=O) groups excluding carboxylic acids is 2. The first-order chi connectivity index (χ1) is 13.7. The van der Waals surface area contributed by atoms with E-state index in [0.717, 1.165) is 37.0 Å². The van der Waals surface area contributed by atoms with E-state index in [0.29, 0.717) is 21.5 Å². The van der Waals surface area contributed by atoms with Gasteiger partial charge in [0, 0.05) is 18.9 Å². The molecule has 1 aromatic carbocycles. The minimum atomic E-state index is -0.941. The van der Waals surface area contributed by atoms with Crippen molar-refractivity contribution in [1.82, 2.24) is 20.0 Å². The van der Waals surface area contributed by atoms with Crippen LogP contribution in [-0.4, -0.2) is 43.6 Å². The van der Waals surface area contributed by atoms with Gasteiger partial charge in [0.1, 0.15) is 5.82 Å². The Bertz CT molecular complexity index is 981. The van der Waals surface area contributed by atoms with Gasteiger partial charge in [0.2, 0.25) is 11.8 Å². The molecule has 2 fully saturated rings. The zero-order valence-corrected chi connectivity index (χ0v) is 19.1. The van der Waals surface area contributed by atoms with Crippen LogP contribution < -0.4 is 5.32 Å². The number of fused-ring (bicyclic) bond motifs is 1. The van der Waals surface area contributed by atoms with Crippen molar-refractivity contribution in [3.8, 4) is 0 Å². The maximum Gasteiger partial charge on any atom is 0.238 e. The third-order valence-electron chi connectivity index (χ3n) is 6.57. The lowest BCUT2D eigenvalue weighted by atomic mass is 9.77. The molecule has 0 saturated carbocycles. The molecule has 2 aliphatic rings. The van der Waals surface area contributed by atoms with E-state index >= 15 is 4.39 Å². The SMILES string of the molecule is CC(I)N1CCC(c2cc3c(cc2F)c([C@@]2(C)CCC(=O)NC2=O)nn3C)CC1. The number of alkyl halides is 1. The van der Waals surface area contributed by atoms with Crippen molar-refractivity contribution < 1.29 is 14.0 Å². The van der Waals surface area contributed by atoms with Gasteiger partial charge in [0.05, 0.1) is 20.7 Å². The quantitative estimate of drug-likeness (QED) is 0.297. The van der Waals surface area contributed by atoms with Crippen LogP contribution in [-0.2, 0) is 22.1 Å². The Hall–Kier alpha value is -1.55. The summed E-state index contributed by atoms with van der Waals surface area (Å²) in [6.45, 7) is 5.90. The number of hydrogen-bond acceptors (Lipinski definition) is 4. The Morgan fingerprint density at radius 3 is 2.62 bits per heavy atom. The minimum absolute atomic E-state index is 0.190. The number of imide groups is 1. The number of halogens is 2. The van der Waals surface area contributed by atoms with E-state index in [2.05, 4.69) is 44.8 Å². The smallest absolute Gasteiger partial charge is 0.238 e. The minimum Gasteiger partial charge on any atom is -0.296 e. The Balaban J connectivity index is 1.71. The molecular formula is C21H26FIN4O2. The lowest BCUT2D eigenvalue weighted by molar-refractivity contribution is -0.137. The maximum absolute atomic E-state index is 15.2. The highest BCUT2D eigenvalue weighted by atomic mass is 127. The van der Waals surface area contributed by atoms with Crippen molar-refractivity contribution in [1.29, 1.82) is 0 Å². The second-order valence-corrected chi connectivity index (χ2v) is 10.3. The van der Waals surface area contributed by atoms with Gasteiger partial charge in [-0.25, -0.2) is 4.39 Å². The van der Waals surface area contributed by atoms with Gasteiger partial charge in [0.15, 0.2) is 0 Å². The zero-order valence-electron chi connectivity index (χ0n) is 17.0. The van der Waals surface area contributed by atoms with Gasteiger partial charge in [-0.3, -0.25) is 24.5 Å². The molecule has 29 heavy (non-hydrogen) atoms. The molecule has 4 rings (SSSR count). The van der Waals surface area contributed by atoms with E-state index in [-0.39, 0.29) is 30.0 Å². The summed E-state index contributed by atoms with van der Waals surface area (Å²) in [5, 5.41) is 7.65. The number of nitrogens with one attached hydrogen (secondary N) is 1. The molecule has 0 spiro atoms. The van der Waals surface area contributed by atoms with Gasteiger partial charge in [-0.05, 0) is 69.8 Å². The number of rotatable bonds is 3. The van der Waals surface area contributed by atoms with Gasteiger partial charge in [-0.2, -0.15) is 5.10 Å². The topological polar surface area (TPSA) is 67.2 Å². The van der Waals surface area contributed by atoms with Crippen LogP contribution in [0.1, 0.15) is 56.7 Å². The van der Waals surface area contributed by atoms with Crippen LogP contribution in [0, 0.1) is 5.82 Å². The largest absolute Gasteiger partial charge is 0.296 e. The van der Waals surface area contributed by atoms with E-state index in [1.165, 1.54) is 6.07 Å². The van der Waals surface area contributed by atoms with Crippen molar-refractivity contribution in [2.24, 2.45) is 7.05 Å². The number of hydrogen-bond donors (Lipinski definition) is 1. The summed E-state index contributed by atoms with van der Waals surface area (Å²) in [5.74, 6) is -0.675. The molecule has 8 heteroatoms. The summed E-state index contributed by atoms with van der Waals surface area (Å²) < 4.78 is 17.4. The molecule has 1 N–H and O–H groups in total. The Morgan fingerprint density at radius 2 is 2.00 bits per heavy atom. The number of likely N-dealkylation sites (tertiary alicyclic amines) is 1. The third-order valence-corrected chi connectivity index (χ3v) is 7.36. The molecular weight excluding hydrogens is 486 g/mol. The fourth-order valence-electron chi connectivity index (χ4n) is 4.61. The second kappa shape index (κ2) is 7.61. The number of aryl methyl sites for hydroxylation is 1. The van der Waals surface area contributed by atoms with Gasteiger partial charge < -0.3 is 0 Å². The summed E-state index contributed by atoms with van der Waals surface area (Å²) in [6, 6.07) is 3.44. The molecule has 2 aromatic rings. The van der Waals surface area contributed by atoms with Crippen LogP contribution in [0.5, 0.6) is 0 Å². The average Bonchev–Trinajstić information content (AvgIpc) is 3.00. The van der Waals surface area contributed by atoms with E-state index < -0.39 is 5.41 Å². The molecule has 3 heterocycles. The van der Waals surface area contributed by atoms with E-state index in [1.54, 1.807) is 11.6 Å². The highest BCUT2D eigenvalue weighted by Crippen LogP contribution is 2.39. The van der Waals surface area contributed by atoms with E-state index in [4.69, 9.17) is 0 Å². The van der Waals surface area contributed by atoms with Crippen LogP contribution in [0.4, 0.5) is 4.39 Å². The van der Waals surface area contributed by atoms with Crippen LogP contribution in [0.15, 0.2) is 12.1 Å². The van der Waals surface area contributed by atoms with Crippen molar-refractivity contribution in [2.75, 3.05) is 13.1 Å². The molecule has 2 amide bonds. The summed E-state index contributed by atoms with van der Waals surface area (Å²) in [7, 11) is 1.82. The van der Waals surface area contributed by atoms with E-state index in [9.17, 15) is 9.59 Å². The predicted molar refractivity (Wildman–Crippen MR) is 117 cm³/mol. The zero-order chi connectivity index (χ0) is 20.9. The molecule has 2 aliphatic heterocycles. The highest BCUT2D eigenvalue weighted by molar-refractivity contribution is 14.1. The summed E-state index contributed by atoms with van der Waals surface area (Å²) >= 11 is 2.42. The highest BCUT2D eigenvalue weighted by Gasteiger charge is 2.43. The van der Waals surface area contributed by atoms with Gasteiger partial charge in [0.25, 0.3) is 0 Å². The molecule has 0 radical (unpaired) electrons. The normalized spacial score (nSPS) is 25.4. The lowest BCUT2D eigenvalue weighted by Crippen LogP contribution is -2.50. The van der Waals surface area contributed by atoms with Crippen molar-refractivity contribution >= 4 is 45.3 Å². The Morgan fingerprint density at radius 1 is 1.31 bits per heavy atom. The molecule has 1 unspecified atom stereocenters. The maximum atomic E-state index is 15.2. The number of nitrogens with zero attached hydrogens (tertiary/aromatic N) is 3. The summed E-state index contributed by atoms with van der Waals surface area (Å²) in [5.41, 5.74) is 1.16. The average molecular weight is 512 g/mol. The van der Waals surface area contributed by atoms with Gasteiger partial charge >= 0.3 is 0 Å². The molecule has 156 valence electrons. The van der Waals surface area contributed by atoms with Crippen molar-refractivity contribution in [3.63, 3.8) is 0 Å². The standard InChI is InChI=1S/C21H26FIN4O2/c1-12(23)27-8-5-13(6-9-27)14-11-17-15(10-16(14)22)19(25-26(17)3)21(2)7-4-18(28)24-20(21)29/h10-13H,4-9H2,1-3H3,(H,24,28,29)/t12?,21-/m1/s1. The van der Waals surface area contributed by atoms with E-state index in [1.807, 2.05) is 13.1 Å². The second-order valence-electron chi connectivity index (χ2n) is 8.46. The lowest BCUT2D eigenvalue weighted by Gasteiger charge is -2.34. The van der Waals surface area contributed by atoms with Crippen molar-refractivity contribution in [3.05, 3.63) is 29.2 Å². The molecule has 0 bridgehead atoms. The van der Waals surface area contributed by atoms with Crippen LogP contribution >= 0.6 is 22.6 Å². The first kappa shape index (κ1) is 20.7. The number of amides is 2. The Labute approximate surface area is 183 Å². The molecule has 1 aromatic heterocycles. The summed E-state index contributed by atoms with van der Waals surface area (Å²) in [6.07, 6.45) is 2.50. The molecule has 2 atom stereocenters. The number of aromatic nitrogens is 2. The van der Waals surface area contributed by atoms with Crippen molar-refractivity contribution in [2.45, 2.75) is 54.9 Å². The monoisotopic (exact) mass is 512 g/mol. The first-order valence-corrected chi connectivity index (χ1v) is 11.3. The molecule has 2 saturated heterocycles.